The fourth-order valence-corrected chi connectivity index (χ4v) is 9.31. The van der Waals surface area contributed by atoms with Gasteiger partial charge in [0.25, 0.3) is 0 Å². The second-order valence-electron chi connectivity index (χ2n) is 13.4. The van der Waals surface area contributed by atoms with E-state index in [9.17, 15) is 28.8 Å². The van der Waals surface area contributed by atoms with Crippen LogP contribution >= 0.6 is 12.4 Å². The zero-order valence-corrected chi connectivity index (χ0v) is 25.6. The van der Waals surface area contributed by atoms with E-state index in [4.69, 9.17) is 0 Å². The van der Waals surface area contributed by atoms with Crippen molar-refractivity contribution in [3.05, 3.63) is 24.3 Å². The number of piperazine rings is 1. The Kier molecular flexibility index (Phi) is 7.80. The highest BCUT2D eigenvalue weighted by Crippen LogP contribution is 2.54. The van der Waals surface area contributed by atoms with E-state index < -0.39 is 12.1 Å². The number of amides is 6. The maximum absolute atomic E-state index is 13.8. The third-order valence-corrected chi connectivity index (χ3v) is 11.2. The highest BCUT2D eigenvalue weighted by atomic mass is 35.5. The quantitative estimate of drug-likeness (QED) is 0.306. The third kappa shape index (κ3) is 4.33. The summed E-state index contributed by atoms with van der Waals surface area (Å²) < 4.78 is 0. The highest BCUT2D eigenvalue weighted by molar-refractivity contribution is 6.10. The van der Waals surface area contributed by atoms with Crippen LogP contribution in [0.1, 0.15) is 52.4 Å². The Bertz CT molecular complexity index is 1150. The van der Waals surface area contributed by atoms with E-state index in [1.54, 1.807) is 9.80 Å². The molecule has 0 aromatic rings. The molecule has 10 nitrogen and oxygen atoms in total. The van der Waals surface area contributed by atoms with Gasteiger partial charge in [0.2, 0.25) is 35.4 Å². The molecule has 3 heterocycles. The molecule has 0 spiro atoms. The summed E-state index contributed by atoms with van der Waals surface area (Å²) in [5.41, 5.74) is 0. The zero-order valence-electron chi connectivity index (χ0n) is 24.8. The summed E-state index contributed by atoms with van der Waals surface area (Å²) in [4.78, 5) is 87.3. The molecule has 232 valence electrons. The second kappa shape index (κ2) is 11.2. The maximum atomic E-state index is 13.8. The van der Waals surface area contributed by atoms with E-state index in [0.717, 1.165) is 12.8 Å². The van der Waals surface area contributed by atoms with Crippen molar-refractivity contribution in [3.8, 4) is 0 Å². The summed E-state index contributed by atoms with van der Waals surface area (Å²) in [6.07, 6.45) is 12.0. The zero-order chi connectivity index (χ0) is 29.4. The molecule has 2 saturated carbocycles. The molecular formula is C32H41ClN4O6. The molecular weight excluding hydrogens is 572 g/mol. The van der Waals surface area contributed by atoms with E-state index in [1.165, 1.54) is 9.80 Å². The van der Waals surface area contributed by atoms with Gasteiger partial charge in [-0.3, -0.25) is 38.6 Å². The third-order valence-electron chi connectivity index (χ3n) is 11.2. The van der Waals surface area contributed by atoms with Gasteiger partial charge in [-0.25, -0.2) is 0 Å². The van der Waals surface area contributed by atoms with Crippen LogP contribution in [-0.4, -0.2) is 93.3 Å². The number of carbonyl (C=O) groups excluding carboxylic acids is 6. The van der Waals surface area contributed by atoms with Crippen LogP contribution in [-0.2, 0) is 28.8 Å². The van der Waals surface area contributed by atoms with Gasteiger partial charge in [0, 0.05) is 26.2 Å². The summed E-state index contributed by atoms with van der Waals surface area (Å²) in [6, 6.07) is -1.64. The Hall–Kier alpha value is -3.01. The van der Waals surface area contributed by atoms with Crippen LogP contribution in [0.25, 0.3) is 0 Å². The van der Waals surface area contributed by atoms with Crippen molar-refractivity contribution in [2.75, 3.05) is 26.2 Å². The van der Waals surface area contributed by atoms with Crippen molar-refractivity contribution < 1.29 is 28.8 Å². The van der Waals surface area contributed by atoms with Crippen molar-refractivity contribution in [2.24, 2.45) is 47.3 Å². The fourth-order valence-electron chi connectivity index (χ4n) is 9.31. The van der Waals surface area contributed by atoms with Crippen LogP contribution in [0.2, 0.25) is 0 Å². The summed E-state index contributed by atoms with van der Waals surface area (Å²) in [5.74, 6) is -2.33. The molecule has 10 atom stereocenters. The van der Waals surface area contributed by atoms with Crippen LogP contribution in [0.4, 0.5) is 0 Å². The number of fused-ring (bicyclic) bond motifs is 10. The van der Waals surface area contributed by atoms with Crippen molar-refractivity contribution in [1.29, 1.82) is 0 Å². The van der Waals surface area contributed by atoms with Gasteiger partial charge in [-0.15, -0.1) is 12.4 Å². The lowest BCUT2D eigenvalue weighted by molar-refractivity contribution is -0.156. The smallest absolute Gasteiger partial charge is 0.245 e. The van der Waals surface area contributed by atoms with E-state index in [2.05, 4.69) is 24.3 Å². The summed E-state index contributed by atoms with van der Waals surface area (Å²) >= 11 is 0. The largest absolute Gasteiger partial charge is 0.337 e. The Morgan fingerprint density at radius 2 is 0.884 bits per heavy atom. The molecule has 3 saturated heterocycles. The molecule has 0 aromatic heterocycles. The Morgan fingerprint density at radius 3 is 1.14 bits per heavy atom. The van der Waals surface area contributed by atoms with Gasteiger partial charge in [0.05, 0.1) is 23.7 Å². The number of hydrogen-bond acceptors (Lipinski definition) is 6. The molecule has 3 aliphatic heterocycles. The predicted octanol–water partition coefficient (Wildman–Crippen LogP) is 2.03. The number of nitrogens with zero attached hydrogens (tertiary/aromatic N) is 4. The first-order valence-corrected chi connectivity index (χ1v) is 15.9. The minimum atomic E-state index is -0.821. The number of allylic oxidation sites excluding steroid dienone is 4. The fraction of sp³-hybridized carbons (Fsp3) is 0.688. The summed E-state index contributed by atoms with van der Waals surface area (Å²) in [6.45, 7) is 5.00. The average Bonchev–Trinajstić information content (AvgIpc) is 3.84. The number of hydrogen-bond donors (Lipinski definition) is 0. The lowest BCUT2D eigenvalue weighted by Gasteiger charge is -2.40. The highest BCUT2D eigenvalue weighted by Gasteiger charge is 2.62. The summed E-state index contributed by atoms with van der Waals surface area (Å²) in [7, 11) is 0. The number of carbonyl (C=O) groups is 6. The number of rotatable bonds is 8. The van der Waals surface area contributed by atoms with Crippen LogP contribution in [0.3, 0.4) is 0 Å². The van der Waals surface area contributed by atoms with Gasteiger partial charge in [0.1, 0.15) is 12.1 Å². The van der Waals surface area contributed by atoms with Crippen LogP contribution in [0, 0.1) is 47.3 Å². The Morgan fingerprint density at radius 1 is 0.605 bits per heavy atom. The first kappa shape index (κ1) is 30.0. The molecule has 6 amide bonds. The monoisotopic (exact) mass is 612 g/mol. The van der Waals surface area contributed by atoms with Gasteiger partial charge in [0.15, 0.2) is 0 Å². The van der Waals surface area contributed by atoms with Crippen molar-refractivity contribution in [2.45, 2.75) is 64.5 Å². The van der Waals surface area contributed by atoms with Gasteiger partial charge < -0.3 is 9.80 Å². The first-order valence-electron chi connectivity index (χ1n) is 15.9. The van der Waals surface area contributed by atoms with Crippen LogP contribution in [0.5, 0.6) is 0 Å². The molecule has 7 aliphatic rings. The van der Waals surface area contributed by atoms with Gasteiger partial charge in [-0.05, 0) is 49.4 Å². The number of likely N-dealkylation sites (tertiary alicyclic amines) is 2. The van der Waals surface area contributed by atoms with Gasteiger partial charge >= 0.3 is 0 Å². The standard InChI is InChI=1S/C32H40N4O6.ClH/c1-3-5-21(35-29(39)23-17-7-8-18(15-17)24(23)30(35)40)27(37)33-11-13-34(14-12-33)28(38)22(6-4-2)36-31(41)25-19-9-10-20(16-19)26(25)32(36)42;/h7-10,17-26H,3-6,11-16H2,1-2H3;1H. The number of imide groups is 2. The van der Waals surface area contributed by atoms with Crippen molar-refractivity contribution >= 4 is 47.9 Å². The Labute approximate surface area is 258 Å². The minimum Gasteiger partial charge on any atom is -0.337 e. The van der Waals surface area contributed by atoms with Crippen LogP contribution < -0.4 is 0 Å². The molecule has 0 aromatic carbocycles. The average molecular weight is 613 g/mol. The Balaban J connectivity index is 0.00000329. The van der Waals surface area contributed by atoms with E-state index in [0.29, 0.717) is 25.7 Å². The van der Waals surface area contributed by atoms with E-state index in [1.807, 2.05) is 13.8 Å². The summed E-state index contributed by atoms with van der Waals surface area (Å²) in [5, 5.41) is 0. The molecule has 10 unspecified atom stereocenters. The second-order valence-corrected chi connectivity index (χ2v) is 13.4. The molecule has 4 bridgehead atoms. The van der Waals surface area contributed by atoms with E-state index in [-0.39, 0.29) is 121 Å². The maximum Gasteiger partial charge on any atom is 0.245 e. The van der Waals surface area contributed by atoms with Crippen molar-refractivity contribution in [3.63, 3.8) is 0 Å². The molecule has 11 heteroatoms. The molecule has 0 radical (unpaired) electrons. The van der Waals surface area contributed by atoms with Crippen LogP contribution in [0.15, 0.2) is 24.3 Å². The molecule has 7 rings (SSSR count). The molecule has 4 aliphatic carbocycles. The lowest BCUT2D eigenvalue weighted by Crippen LogP contribution is -2.59. The topological polar surface area (TPSA) is 115 Å². The molecule has 5 fully saturated rings. The first-order chi connectivity index (χ1) is 20.3. The lowest BCUT2D eigenvalue weighted by atomic mass is 9.85. The van der Waals surface area contributed by atoms with Gasteiger partial charge in [-0.2, -0.15) is 0 Å². The molecule has 43 heavy (non-hydrogen) atoms. The predicted molar refractivity (Wildman–Crippen MR) is 157 cm³/mol. The van der Waals surface area contributed by atoms with Gasteiger partial charge in [-0.1, -0.05) is 51.0 Å². The number of halogens is 1. The SMILES string of the molecule is CCCC(C(=O)N1CCN(C(=O)C(CCC)N2C(=O)C3C4C=CC(C4)C3C2=O)CC1)N1C(=O)C2C3C=CC(C3)C2C1=O.Cl. The van der Waals surface area contributed by atoms with E-state index >= 15 is 0 Å². The minimum absolute atomic E-state index is 0. The molecule has 0 N–H and O–H groups in total. The van der Waals surface area contributed by atoms with Crippen molar-refractivity contribution in [1.82, 2.24) is 19.6 Å². The normalized spacial score (nSPS) is 36.5.